The van der Waals surface area contributed by atoms with Gasteiger partial charge in [-0.05, 0) is 36.4 Å². The molecular weight excluding hydrogens is 752 g/mol. The van der Waals surface area contributed by atoms with E-state index in [-0.39, 0.29) is 101 Å². The molecular formula is C30H36EuO15. The number of hydrogen-bond donors (Lipinski definition) is 3. The average molecular weight is 789 g/mol. The van der Waals surface area contributed by atoms with E-state index in [4.69, 9.17) is 58.0 Å². The van der Waals surface area contributed by atoms with Crippen LogP contribution >= 0.6 is 0 Å². The topological polar surface area (TPSA) is 195 Å². The molecule has 1 radical (unpaired) electrons. The van der Waals surface area contributed by atoms with Crippen LogP contribution in [0.3, 0.4) is 0 Å². The van der Waals surface area contributed by atoms with Crippen LogP contribution in [0.15, 0.2) is 36.4 Å². The molecule has 0 aromatic heterocycles. The van der Waals surface area contributed by atoms with Crippen molar-refractivity contribution in [3.05, 3.63) is 53.1 Å². The van der Waals surface area contributed by atoms with Crippen molar-refractivity contribution >= 4 is 17.9 Å². The van der Waals surface area contributed by atoms with Crippen LogP contribution in [-0.4, -0.2) is 97.2 Å². The second kappa shape index (κ2) is 20.8. The summed E-state index contributed by atoms with van der Waals surface area (Å²) in [5.41, 5.74) is 0.112. The number of ether oxygens (including phenoxy) is 9. The van der Waals surface area contributed by atoms with E-state index >= 15 is 0 Å². The molecule has 3 N–H and O–H groups in total. The molecule has 0 aliphatic carbocycles. The zero-order valence-electron chi connectivity index (χ0n) is 26.6. The molecule has 0 heterocycles. The molecule has 0 atom stereocenters. The molecule has 0 bridgehead atoms. The second-order valence-corrected chi connectivity index (χ2v) is 8.06. The molecule has 0 fully saturated rings. The summed E-state index contributed by atoms with van der Waals surface area (Å²) in [6, 6.07) is 8.77. The third kappa shape index (κ3) is 10.2. The van der Waals surface area contributed by atoms with E-state index in [0.717, 1.165) is 0 Å². The Balaban J connectivity index is 0.000000653. The minimum atomic E-state index is -1.08. The van der Waals surface area contributed by atoms with Gasteiger partial charge in [-0.15, -0.1) is 0 Å². The summed E-state index contributed by atoms with van der Waals surface area (Å²) in [7, 11) is 12.8. The largest absolute Gasteiger partial charge is 0.493 e. The molecule has 3 aromatic rings. The Bertz CT molecular complexity index is 1300. The van der Waals surface area contributed by atoms with E-state index in [0.29, 0.717) is 17.2 Å². The number of carboxylic acids is 3. The molecule has 0 aliphatic rings. The van der Waals surface area contributed by atoms with Gasteiger partial charge in [0.05, 0.1) is 64.0 Å². The Labute approximate surface area is 306 Å². The molecule has 0 unspecified atom stereocenters. The normalized spacial score (nSPS) is 9.33. The number of carboxylic acid groups (broad SMARTS) is 3. The van der Waals surface area contributed by atoms with Crippen molar-refractivity contribution < 1.29 is 122 Å². The Morgan fingerprint density at radius 1 is 0.370 bits per heavy atom. The quantitative estimate of drug-likeness (QED) is 0.236. The van der Waals surface area contributed by atoms with Gasteiger partial charge in [0.15, 0.2) is 34.5 Å². The van der Waals surface area contributed by atoms with E-state index in [1.54, 1.807) is 0 Å². The number of carbonyl (C=O) groups is 3. The van der Waals surface area contributed by atoms with Crippen LogP contribution in [0.5, 0.6) is 51.7 Å². The predicted molar refractivity (Wildman–Crippen MR) is 159 cm³/mol. The molecule has 253 valence electrons. The third-order valence-corrected chi connectivity index (χ3v) is 5.80. The van der Waals surface area contributed by atoms with E-state index < -0.39 is 17.9 Å². The minimum Gasteiger partial charge on any atom is -0.493 e. The minimum absolute atomic E-state index is 0. The first kappa shape index (κ1) is 41.9. The average Bonchev–Trinajstić information content (AvgIpc) is 3.05. The first-order valence-corrected chi connectivity index (χ1v) is 12.5. The van der Waals surface area contributed by atoms with Crippen LogP contribution in [0.25, 0.3) is 0 Å². The van der Waals surface area contributed by atoms with Crippen molar-refractivity contribution in [1.29, 1.82) is 0 Å². The van der Waals surface area contributed by atoms with Crippen LogP contribution < -0.4 is 42.6 Å². The van der Waals surface area contributed by atoms with Crippen molar-refractivity contribution in [3.63, 3.8) is 0 Å². The fraction of sp³-hybridized carbons (Fsp3) is 0.300. The molecule has 46 heavy (non-hydrogen) atoms. The van der Waals surface area contributed by atoms with Gasteiger partial charge in [0.1, 0.15) is 16.7 Å². The summed E-state index contributed by atoms with van der Waals surface area (Å²) in [6.45, 7) is 0. The van der Waals surface area contributed by atoms with Crippen molar-refractivity contribution in [1.82, 2.24) is 0 Å². The molecule has 16 heteroatoms. The standard InChI is InChI=1S/3C10H12O5.Eu/c3*1-13-7-5-4-6(10(11)12)8(14-2)9(7)15-3;/h3*4-5H,1-3H3,(H,11,12);. The Morgan fingerprint density at radius 3 is 0.696 bits per heavy atom. The maximum absolute atomic E-state index is 10.9. The molecule has 0 spiro atoms. The number of rotatable bonds is 12. The zero-order valence-corrected chi connectivity index (χ0v) is 29.0. The van der Waals surface area contributed by atoms with Gasteiger partial charge in [-0.25, -0.2) is 14.4 Å². The summed E-state index contributed by atoms with van der Waals surface area (Å²) in [5.74, 6) is -0.635. The summed E-state index contributed by atoms with van der Waals surface area (Å²) >= 11 is 0. The van der Waals surface area contributed by atoms with Gasteiger partial charge in [0, 0.05) is 49.4 Å². The number of hydrogen-bond acceptors (Lipinski definition) is 12. The fourth-order valence-corrected chi connectivity index (χ4v) is 3.81. The number of benzene rings is 3. The summed E-state index contributed by atoms with van der Waals surface area (Å²) < 4.78 is 45.1. The van der Waals surface area contributed by atoms with Crippen molar-refractivity contribution in [2.45, 2.75) is 0 Å². The Kier molecular flexibility index (Phi) is 18.9. The SMILES string of the molecule is COc1ccc(C(=O)O)c(OC)c1OC.COc1ccc(C(=O)O)c(OC)c1OC.COc1ccc(C(=O)O)c(OC)c1OC.[Eu]. The molecule has 3 aromatic carbocycles. The van der Waals surface area contributed by atoms with Crippen LogP contribution in [0.1, 0.15) is 31.1 Å². The summed E-state index contributed by atoms with van der Waals surface area (Å²) in [5, 5.41) is 26.7. The van der Waals surface area contributed by atoms with Gasteiger partial charge in [-0.1, -0.05) is 0 Å². The van der Waals surface area contributed by atoms with Crippen LogP contribution in [-0.2, 0) is 0 Å². The molecule has 0 saturated carbocycles. The zero-order chi connectivity index (χ0) is 34.3. The molecule has 0 saturated heterocycles. The molecule has 0 amide bonds. The third-order valence-electron chi connectivity index (χ3n) is 5.80. The van der Waals surface area contributed by atoms with Gasteiger partial charge in [0.25, 0.3) is 0 Å². The second-order valence-electron chi connectivity index (χ2n) is 8.06. The van der Waals surface area contributed by atoms with Crippen LogP contribution in [0, 0.1) is 49.4 Å². The van der Waals surface area contributed by atoms with Gasteiger partial charge >= 0.3 is 17.9 Å². The number of aromatic carboxylic acids is 3. The predicted octanol–water partition coefficient (Wildman–Crippen LogP) is 4.23. The van der Waals surface area contributed by atoms with E-state index in [2.05, 4.69) is 0 Å². The molecule has 15 nitrogen and oxygen atoms in total. The Morgan fingerprint density at radius 2 is 0.565 bits per heavy atom. The van der Waals surface area contributed by atoms with Crippen molar-refractivity contribution in [2.24, 2.45) is 0 Å². The van der Waals surface area contributed by atoms with E-state index in [9.17, 15) is 14.4 Å². The first-order chi connectivity index (χ1) is 21.5. The first-order valence-electron chi connectivity index (χ1n) is 12.5. The van der Waals surface area contributed by atoms with Crippen LogP contribution in [0.4, 0.5) is 0 Å². The summed E-state index contributed by atoms with van der Waals surface area (Å²) in [4.78, 5) is 32.6. The van der Waals surface area contributed by atoms with Crippen molar-refractivity contribution in [3.8, 4) is 51.7 Å². The Hall–Kier alpha value is -4.15. The maximum Gasteiger partial charge on any atom is 0.339 e. The monoisotopic (exact) mass is 789 g/mol. The van der Waals surface area contributed by atoms with Gasteiger partial charge < -0.3 is 58.0 Å². The van der Waals surface area contributed by atoms with Crippen molar-refractivity contribution in [2.75, 3.05) is 64.0 Å². The van der Waals surface area contributed by atoms with Gasteiger partial charge in [0.2, 0.25) is 17.2 Å². The van der Waals surface area contributed by atoms with E-state index in [1.807, 2.05) is 0 Å². The number of methoxy groups -OCH3 is 9. The molecule has 3 rings (SSSR count). The fourth-order valence-electron chi connectivity index (χ4n) is 3.81. The summed E-state index contributed by atoms with van der Waals surface area (Å²) in [6.07, 6.45) is 0. The smallest absolute Gasteiger partial charge is 0.339 e. The molecule has 0 aliphatic heterocycles. The van der Waals surface area contributed by atoms with Crippen LogP contribution in [0.2, 0.25) is 0 Å². The van der Waals surface area contributed by atoms with Gasteiger partial charge in [-0.2, -0.15) is 0 Å². The maximum atomic E-state index is 10.9. The van der Waals surface area contributed by atoms with E-state index in [1.165, 1.54) is 100 Å². The van der Waals surface area contributed by atoms with Gasteiger partial charge in [-0.3, -0.25) is 0 Å².